The van der Waals surface area contributed by atoms with Gasteiger partial charge in [-0.1, -0.05) is 0 Å². The van der Waals surface area contributed by atoms with Crippen LogP contribution in [0.1, 0.15) is 12.8 Å². The summed E-state index contributed by atoms with van der Waals surface area (Å²) in [6, 6.07) is 5.92. The Morgan fingerprint density at radius 3 is 2.70 bits per heavy atom. The van der Waals surface area contributed by atoms with Gasteiger partial charge in [-0.25, -0.2) is 4.98 Å². The molecule has 0 saturated heterocycles. The zero-order valence-electron chi connectivity index (χ0n) is 10.7. The van der Waals surface area contributed by atoms with Gasteiger partial charge in [-0.3, -0.25) is 14.9 Å². The molecule has 0 aliphatic heterocycles. The number of benzene rings is 1. The van der Waals surface area contributed by atoms with Gasteiger partial charge in [-0.2, -0.15) is 0 Å². The van der Waals surface area contributed by atoms with Crippen LogP contribution in [-0.2, 0) is 16.0 Å². The molecule has 0 saturated carbocycles. The molecule has 0 N–H and O–H groups in total. The van der Waals surface area contributed by atoms with Crippen LogP contribution in [0.4, 0.5) is 5.69 Å². The van der Waals surface area contributed by atoms with E-state index in [0.29, 0.717) is 17.9 Å². The summed E-state index contributed by atoms with van der Waals surface area (Å²) in [5, 5.41) is 10.6. The summed E-state index contributed by atoms with van der Waals surface area (Å²) in [5.74, 6) is -0.165. The van der Waals surface area contributed by atoms with Crippen LogP contribution in [0.2, 0.25) is 0 Å². The molecule has 0 atom stereocenters. The minimum absolute atomic E-state index is 0.00370. The maximum absolute atomic E-state index is 11.3. The van der Waals surface area contributed by atoms with E-state index in [1.165, 1.54) is 18.4 Å². The summed E-state index contributed by atoms with van der Waals surface area (Å²) in [6.45, 7) is 2.02. The molecule has 0 unspecified atom stereocenters. The molecule has 2 rings (SSSR count). The predicted octanol–water partition coefficient (Wildman–Crippen LogP) is 2.36. The number of hydrogen-bond donors (Lipinski definition) is 0. The van der Waals surface area contributed by atoms with E-state index >= 15 is 0 Å². The summed E-state index contributed by atoms with van der Waals surface area (Å²) in [4.78, 5) is 25.5. The largest absolute Gasteiger partial charge is 0.466 e. The zero-order valence-corrected chi connectivity index (χ0v) is 10.7. The molecule has 0 amide bonds. The van der Waals surface area contributed by atoms with Crippen molar-refractivity contribution in [2.45, 2.75) is 13.3 Å². The lowest BCUT2D eigenvalue weighted by Crippen LogP contribution is -2.07. The van der Waals surface area contributed by atoms with E-state index in [0.717, 1.165) is 0 Å². The molecule has 1 aromatic carbocycles. The van der Waals surface area contributed by atoms with Gasteiger partial charge in [0.05, 0.1) is 11.5 Å². The summed E-state index contributed by atoms with van der Waals surface area (Å²) >= 11 is 0. The van der Waals surface area contributed by atoms with E-state index in [4.69, 9.17) is 9.15 Å². The van der Waals surface area contributed by atoms with Crippen LogP contribution in [0.25, 0.3) is 11.3 Å². The lowest BCUT2D eigenvalue weighted by molar-refractivity contribution is -0.384. The van der Waals surface area contributed by atoms with Crippen LogP contribution in [0, 0.1) is 10.1 Å². The first-order valence-corrected chi connectivity index (χ1v) is 5.95. The van der Waals surface area contributed by atoms with Gasteiger partial charge >= 0.3 is 5.97 Å². The van der Waals surface area contributed by atoms with Gasteiger partial charge in [0.1, 0.15) is 18.4 Å². The van der Waals surface area contributed by atoms with Gasteiger partial charge < -0.3 is 9.15 Å². The highest BCUT2D eigenvalue weighted by Gasteiger charge is 2.12. The van der Waals surface area contributed by atoms with Crippen LogP contribution in [0.15, 0.2) is 34.9 Å². The first-order valence-electron chi connectivity index (χ1n) is 5.95. The number of oxazole rings is 1. The number of nitrogens with zero attached hydrogens (tertiary/aromatic N) is 2. The molecule has 0 aliphatic rings. The highest BCUT2D eigenvalue weighted by Crippen LogP contribution is 2.22. The highest BCUT2D eigenvalue weighted by molar-refractivity contribution is 5.71. The number of ether oxygens (including phenoxy) is 1. The third kappa shape index (κ3) is 3.19. The Bertz CT molecular complexity index is 618. The van der Waals surface area contributed by atoms with Crippen molar-refractivity contribution in [1.29, 1.82) is 0 Å². The molecule has 7 heteroatoms. The number of nitro groups is 1. The fourth-order valence-corrected chi connectivity index (χ4v) is 1.61. The molecule has 0 radical (unpaired) electrons. The number of aromatic nitrogens is 1. The lowest BCUT2D eigenvalue weighted by Gasteiger charge is -1.97. The number of esters is 1. The Labute approximate surface area is 114 Å². The number of non-ortho nitro benzene ring substituents is 1. The topological polar surface area (TPSA) is 95.5 Å². The van der Waals surface area contributed by atoms with Crippen molar-refractivity contribution < 1.29 is 18.9 Å². The number of carbonyl (C=O) groups is 1. The van der Waals surface area contributed by atoms with E-state index in [1.54, 1.807) is 19.1 Å². The molecule has 20 heavy (non-hydrogen) atoms. The fourth-order valence-electron chi connectivity index (χ4n) is 1.61. The minimum atomic E-state index is -0.473. The second kappa shape index (κ2) is 5.96. The fraction of sp³-hybridized carbons (Fsp3) is 0.231. The summed E-state index contributed by atoms with van der Waals surface area (Å²) in [7, 11) is 0. The second-order valence-electron chi connectivity index (χ2n) is 3.91. The lowest BCUT2D eigenvalue weighted by atomic mass is 10.1. The van der Waals surface area contributed by atoms with E-state index in [2.05, 4.69) is 4.98 Å². The maximum atomic E-state index is 11.3. The summed E-state index contributed by atoms with van der Waals surface area (Å²) < 4.78 is 9.96. The third-order valence-electron chi connectivity index (χ3n) is 2.53. The third-order valence-corrected chi connectivity index (χ3v) is 2.53. The van der Waals surface area contributed by atoms with Crippen molar-refractivity contribution in [2.75, 3.05) is 6.61 Å². The monoisotopic (exact) mass is 276 g/mol. The van der Waals surface area contributed by atoms with Gasteiger partial charge in [0, 0.05) is 17.7 Å². The molecule has 0 bridgehead atoms. The van der Waals surface area contributed by atoms with Crippen molar-refractivity contribution in [1.82, 2.24) is 4.98 Å². The Morgan fingerprint density at radius 1 is 1.40 bits per heavy atom. The Balaban J connectivity index is 2.12. The van der Waals surface area contributed by atoms with Gasteiger partial charge in [-0.15, -0.1) is 0 Å². The molecule has 0 fully saturated rings. The van der Waals surface area contributed by atoms with Crippen LogP contribution >= 0.6 is 0 Å². The highest BCUT2D eigenvalue weighted by atomic mass is 16.6. The molecule has 1 heterocycles. The number of rotatable bonds is 5. The molecular weight excluding hydrogens is 264 g/mol. The summed E-state index contributed by atoms with van der Waals surface area (Å²) in [6.07, 6.45) is 1.36. The maximum Gasteiger partial charge on any atom is 0.315 e. The van der Waals surface area contributed by atoms with E-state index < -0.39 is 10.9 Å². The Hall–Kier alpha value is -2.70. The van der Waals surface area contributed by atoms with Gasteiger partial charge in [-0.05, 0) is 19.1 Å². The standard InChI is InChI=1S/C13H12N2O5/c1-2-19-13(16)7-12-14-11(8-20-12)9-3-5-10(6-4-9)15(17)18/h3-6,8H,2,7H2,1H3. The second-order valence-corrected chi connectivity index (χ2v) is 3.91. The number of nitro benzene ring substituents is 1. The molecule has 0 spiro atoms. The van der Waals surface area contributed by atoms with Gasteiger partial charge in [0.15, 0.2) is 0 Å². The normalized spacial score (nSPS) is 10.2. The first-order chi connectivity index (χ1) is 9.60. The van der Waals surface area contributed by atoms with Crippen LogP contribution in [0.3, 0.4) is 0 Å². The van der Waals surface area contributed by atoms with Crippen LogP contribution in [0.5, 0.6) is 0 Å². The van der Waals surface area contributed by atoms with Crippen LogP contribution in [-0.4, -0.2) is 22.5 Å². The van der Waals surface area contributed by atoms with Crippen molar-refractivity contribution >= 4 is 11.7 Å². The Kier molecular flexibility index (Phi) is 4.09. The number of hydrogen-bond acceptors (Lipinski definition) is 6. The van der Waals surface area contributed by atoms with E-state index in [1.807, 2.05) is 0 Å². The van der Waals surface area contributed by atoms with Crippen molar-refractivity contribution in [3.05, 3.63) is 46.5 Å². The van der Waals surface area contributed by atoms with Crippen molar-refractivity contribution in [2.24, 2.45) is 0 Å². The average molecular weight is 276 g/mol. The molecule has 0 aliphatic carbocycles. The van der Waals surface area contributed by atoms with Crippen LogP contribution < -0.4 is 0 Å². The predicted molar refractivity (Wildman–Crippen MR) is 68.9 cm³/mol. The minimum Gasteiger partial charge on any atom is -0.466 e. The molecule has 2 aromatic rings. The van der Waals surface area contributed by atoms with Crippen molar-refractivity contribution in [3.8, 4) is 11.3 Å². The average Bonchev–Trinajstić information content (AvgIpc) is 2.87. The zero-order chi connectivity index (χ0) is 14.5. The SMILES string of the molecule is CCOC(=O)Cc1nc(-c2ccc([N+](=O)[O-])cc2)co1. The molecule has 7 nitrogen and oxygen atoms in total. The van der Waals surface area contributed by atoms with E-state index in [-0.39, 0.29) is 18.0 Å². The van der Waals surface area contributed by atoms with Gasteiger partial charge in [0.25, 0.3) is 5.69 Å². The smallest absolute Gasteiger partial charge is 0.315 e. The molecule has 1 aromatic heterocycles. The van der Waals surface area contributed by atoms with E-state index in [9.17, 15) is 14.9 Å². The first kappa shape index (κ1) is 13.7. The van der Waals surface area contributed by atoms with Crippen molar-refractivity contribution in [3.63, 3.8) is 0 Å². The summed E-state index contributed by atoms with van der Waals surface area (Å²) in [5.41, 5.74) is 1.19. The molecule has 104 valence electrons. The number of carbonyl (C=O) groups excluding carboxylic acids is 1. The van der Waals surface area contributed by atoms with Gasteiger partial charge in [0.2, 0.25) is 5.89 Å². The Morgan fingerprint density at radius 2 is 2.10 bits per heavy atom. The molecular formula is C13H12N2O5. The quantitative estimate of drug-likeness (QED) is 0.472.